The molecule has 0 saturated heterocycles. The Hall–Kier alpha value is -1.81. The monoisotopic (exact) mass is 221 g/mol. The van der Waals surface area contributed by atoms with Gasteiger partial charge < -0.3 is 10.9 Å². The fourth-order valence-corrected chi connectivity index (χ4v) is 1.47. The first-order valence-electron chi connectivity index (χ1n) is 4.25. The van der Waals surface area contributed by atoms with E-state index >= 15 is 0 Å². The van der Waals surface area contributed by atoms with E-state index in [-0.39, 0.29) is 5.84 Å². The maximum atomic E-state index is 8.51. The largest absolute Gasteiger partial charge is 0.409 e. The number of oxime groups is 1. The highest BCUT2D eigenvalue weighted by Gasteiger charge is 2.02. The molecule has 0 fully saturated rings. The van der Waals surface area contributed by atoms with Gasteiger partial charge in [0, 0.05) is 10.4 Å². The van der Waals surface area contributed by atoms with Crippen molar-refractivity contribution in [1.82, 2.24) is 4.98 Å². The molecule has 2 aromatic rings. The Morgan fingerprint density at radius 1 is 1.33 bits per heavy atom. The summed E-state index contributed by atoms with van der Waals surface area (Å²) in [6.07, 6.45) is 0. The Bertz CT molecular complexity index is 539. The molecule has 1 heterocycles. The fourth-order valence-electron chi connectivity index (χ4n) is 1.29. The van der Waals surface area contributed by atoms with Gasteiger partial charge in [0.1, 0.15) is 5.69 Å². The van der Waals surface area contributed by atoms with Crippen molar-refractivity contribution < 1.29 is 5.21 Å². The number of amidine groups is 1. The summed E-state index contributed by atoms with van der Waals surface area (Å²) in [5, 5.41) is 13.0. The molecule has 0 atom stereocenters. The summed E-state index contributed by atoms with van der Waals surface area (Å²) in [6.45, 7) is 0. The average Bonchev–Trinajstić information content (AvgIpc) is 2.27. The summed E-state index contributed by atoms with van der Waals surface area (Å²) in [7, 11) is 0. The topological polar surface area (TPSA) is 71.5 Å². The van der Waals surface area contributed by atoms with Crippen LogP contribution in [0.5, 0.6) is 0 Å². The van der Waals surface area contributed by atoms with E-state index in [0.29, 0.717) is 10.7 Å². The molecule has 15 heavy (non-hydrogen) atoms. The van der Waals surface area contributed by atoms with Crippen LogP contribution in [0.15, 0.2) is 35.5 Å². The summed E-state index contributed by atoms with van der Waals surface area (Å²) < 4.78 is 0. The van der Waals surface area contributed by atoms with E-state index in [9.17, 15) is 0 Å². The van der Waals surface area contributed by atoms with Crippen molar-refractivity contribution in [3.05, 3.63) is 41.0 Å². The maximum absolute atomic E-state index is 8.51. The van der Waals surface area contributed by atoms with Crippen molar-refractivity contribution in [1.29, 1.82) is 0 Å². The normalized spacial score (nSPS) is 11.9. The summed E-state index contributed by atoms with van der Waals surface area (Å²) in [4.78, 5) is 4.21. The number of hydrogen-bond acceptors (Lipinski definition) is 3. The molecule has 0 bridgehead atoms. The van der Waals surface area contributed by atoms with Crippen molar-refractivity contribution in [2.24, 2.45) is 10.9 Å². The molecule has 1 aromatic heterocycles. The van der Waals surface area contributed by atoms with E-state index in [1.807, 2.05) is 6.07 Å². The highest BCUT2D eigenvalue weighted by Crippen LogP contribution is 2.17. The number of hydrogen-bond donors (Lipinski definition) is 2. The molecule has 0 aliphatic carbocycles. The van der Waals surface area contributed by atoms with Gasteiger partial charge in [-0.2, -0.15) is 0 Å². The molecule has 2 rings (SSSR count). The lowest BCUT2D eigenvalue weighted by Gasteiger charge is -2.01. The van der Waals surface area contributed by atoms with Gasteiger partial charge in [0.25, 0.3) is 0 Å². The number of aromatic nitrogens is 1. The van der Waals surface area contributed by atoms with Crippen molar-refractivity contribution >= 4 is 28.3 Å². The lowest BCUT2D eigenvalue weighted by atomic mass is 10.2. The summed E-state index contributed by atoms with van der Waals surface area (Å²) in [5.74, 6) is -0.00755. The van der Waals surface area contributed by atoms with Gasteiger partial charge in [-0.15, -0.1) is 0 Å². The quantitative estimate of drug-likeness (QED) is 0.335. The van der Waals surface area contributed by atoms with E-state index in [0.717, 1.165) is 10.9 Å². The van der Waals surface area contributed by atoms with E-state index in [2.05, 4.69) is 10.1 Å². The average molecular weight is 222 g/mol. The minimum atomic E-state index is -0.00755. The first kappa shape index (κ1) is 9.73. The van der Waals surface area contributed by atoms with Crippen molar-refractivity contribution in [2.75, 3.05) is 0 Å². The van der Waals surface area contributed by atoms with Crippen LogP contribution in [-0.2, 0) is 0 Å². The summed E-state index contributed by atoms with van der Waals surface area (Å²) in [5.41, 5.74) is 6.62. The molecule has 0 aliphatic heterocycles. The number of pyridine rings is 1. The highest BCUT2D eigenvalue weighted by molar-refractivity contribution is 6.31. The van der Waals surface area contributed by atoms with Crippen LogP contribution in [-0.4, -0.2) is 16.0 Å². The van der Waals surface area contributed by atoms with Crippen molar-refractivity contribution in [3.63, 3.8) is 0 Å². The van der Waals surface area contributed by atoms with Crippen LogP contribution in [0, 0.1) is 0 Å². The van der Waals surface area contributed by atoms with Crippen LogP contribution in [0.1, 0.15) is 5.69 Å². The fraction of sp³-hybridized carbons (Fsp3) is 0. The molecule has 0 unspecified atom stereocenters. The van der Waals surface area contributed by atoms with E-state index in [1.165, 1.54) is 0 Å². The molecule has 0 aliphatic rings. The second-order valence-corrected chi connectivity index (χ2v) is 3.46. The van der Waals surface area contributed by atoms with Gasteiger partial charge in [-0.3, -0.25) is 0 Å². The SMILES string of the molecule is N/C(=N\O)c1ccc2cc(Cl)ccc2n1. The molecule has 76 valence electrons. The van der Waals surface area contributed by atoms with Crippen molar-refractivity contribution in [3.8, 4) is 0 Å². The van der Waals surface area contributed by atoms with Gasteiger partial charge in [0.2, 0.25) is 0 Å². The lowest BCUT2D eigenvalue weighted by molar-refractivity contribution is 0.318. The number of nitrogens with zero attached hydrogens (tertiary/aromatic N) is 2. The zero-order chi connectivity index (χ0) is 10.8. The van der Waals surface area contributed by atoms with Crippen molar-refractivity contribution in [2.45, 2.75) is 0 Å². The first-order valence-corrected chi connectivity index (χ1v) is 4.63. The summed E-state index contributed by atoms with van der Waals surface area (Å²) in [6, 6.07) is 8.83. The molecule has 3 N–H and O–H groups in total. The molecule has 0 amide bonds. The Labute approximate surface area is 91.0 Å². The van der Waals surface area contributed by atoms with Crippen LogP contribution in [0.3, 0.4) is 0 Å². The molecule has 4 nitrogen and oxygen atoms in total. The number of halogens is 1. The van der Waals surface area contributed by atoms with Gasteiger partial charge >= 0.3 is 0 Å². The molecule has 5 heteroatoms. The third-order valence-electron chi connectivity index (χ3n) is 2.02. The second-order valence-electron chi connectivity index (χ2n) is 3.02. The predicted molar refractivity (Wildman–Crippen MR) is 59.3 cm³/mol. The predicted octanol–water partition coefficient (Wildman–Crippen LogP) is 1.98. The van der Waals surface area contributed by atoms with E-state index in [1.54, 1.807) is 24.3 Å². The molecule has 0 spiro atoms. The minimum absolute atomic E-state index is 0.00755. The number of nitrogens with two attached hydrogens (primary N) is 1. The molecule has 0 radical (unpaired) electrons. The Kier molecular flexibility index (Phi) is 2.43. The van der Waals surface area contributed by atoms with Gasteiger partial charge in [0.05, 0.1) is 5.52 Å². The Morgan fingerprint density at radius 3 is 2.87 bits per heavy atom. The van der Waals surface area contributed by atoms with Crippen LogP contribution >= 0.6 is 11.6 Å². The third kappa shape index (κ3) is 1.85. The van der Waals surface area contributed by atoms with Gasteiger partial charge in [-0.1, -0.05) is 22.8 Å². The smallest absolute Gasteiger partial charge is 0.188 e. The van der Waals surface area contributed by atoms with Crippen LogP contribution < -0.4 is 5.73 Å². The van der Waals surface area contributed by atoms with Crippen LogP contribution in [0.2, 0.25) is 5.02 Å². The molecular weight excluding hydrogens is 214 g/mol. The number of fused-ring (bicyclic) bond motifs is 1. The minimum Gasteiger partial charge on any atom is -0.409 e. The zero-order valence-electron chi connectivity index (χ0n) is 7.68. The van der Waals surface area contributed by atoms with Gasteiger partial charge in [-0.05, 0) is 24.3 Å². The zero-order valence-corrected chi connectivity index (χ0v) is 8.44. The van der Waals surface area contributed by atoms with Gasteiger partial charge in [-0.25, -0.2) is 4.98 Å². The Balaban J connectivity index is 2.62. The lowest BCUT2D eigenvalue weighted by Crippen LogP contribution is -2.14. The maximum Gasteiger partial charge on any atom is 0.188 e. The van der Waals surface area contributed by atoms with Gasteiger partial charge in [0.15, 0.2) is 5.84 Å². The standard InChI is InChI=1S/C10H8ClN3O/c11-7-2-4-8-6(5-7)1-3-9(13-8)10(12)14-15/h1-5,15H,(H2,12,14). The van der Waals surface area contributed by atoms with E-state index < -0.39 is 0 Å². The number of benzene rings is 1. The Morgan fingerprint density at radius 2 is 2.13 bits per heavy atom. The second kappa shape index (κ2) is 3.74. The van der Waals surface area contributed by atoms with Crippen LogP contribution in [0.25, 0.3) is 10.9 Å². The van der Waals surface area contributed by atoms with Crippen LogP contribution in [0.4, 0.5) is 0 Å². The molecular formula is C10H8ClN3O. The molecule has 0 saturated carbocycles. The van der Waals surface area contributed by atoms with E-state index in [4.69, 9.17) is 22.5 Å². The summed E-state index contributed by atoms with van der Waals surface area (Å²) >= 11 is 5.83. The highest BCUT2D eigenvalue weighted by atomic mass is 35.5. The number of rotatable bonds is 1. The first-order chi connectivity index (χ1) is 7.20. The molecule has 1 aromatic carbocycles. The third-order valence-corrected chi connectivity index (χ3v) is 2.26.